The first-order chi connectivity index (χ1) is 3.18. The van der Waals surface area contributed by atoms with Crippen LogP contribution in [-0.4, -0.2) is 17.5 Å². The van der Waals surface area contributed by atoms with Crippen molar-refractivity contribution in [3.8, 4) is 0 Å². The monoisotopic (exact) mass is 142 g/mol. The predicted molar refractivity (Wildman–Crippen MR) is 23.9 cm³/mol. The molecule has 0 fully saturated rings. The molecule has 0 bridgehead atoms. The number of Topliss-reactive ketones (excluding diaryl/α,β-unsaturated/α-hetero) is 1. The van der Waals surface area contributed by atoms with Crippen molar-refractivity contribution in [1.29, 1.82) is 0 Å². The topological polar surface area (TPSA) is 57.2 Å². The SMILES string of the molecule is O=C([O-])C(=O)CS.[Na+]. The molecule has 0 aliphatic carbocycles. The van der Waals surface area contributed by atoms with Crippen molar-refractivity contribution < 1.29 is 44.3 Å². The van der Waals surface area contributed by atoms with Crippen LogP contribution in [-0.2, 0) is 9.59 Å². The van der Waals surface area contributed by atoms with Gasteiger partial charge in [0, 0.05) is 0 Å². The van der Waals surface area contributed by atoms with Gasteiger partial charge in [-0.1, -0.05) is 0 Å². The number of ketones is 1. The normalized spacial score (nSPS) is 7.12. The fraction of sp³-hybridized carbons (Fsp3) is 0.333. The molecule has 0 N–H and O–H groups in total. The molecule has 0 saturated carbocycles. The number of carboxylic acid groups (broad SMARTS) is 1. The minimum Gasteiger partial charge on any atom is -0.542 e. The molecule has 0 atom stereocenters. The van der Waals surface area contributed by atoms with E-state index in [1.165, 1.54) is 0 Å². The van der Waals surface area contributed by atoms with Crippen LogP contribution >= 0.6 is 12.6 Å². The van der Waals surface area contributed by atoms with Gasteiger partial charge in [-0.05, 0) is 0 Å². The van der Waals surface area contributed by atoms with Gasteiger partial charge in [-0.3, -0.25) is 4.79 Å². The van der Waals surface area contributed by atoms with E-state index in [1.807, 2.05) is 0 Å². The Bertz CT molecular complexity index is 103. The van der Waals surface area contributed by atoms with E-state index in [4.69, 9.17) is 0 Å². The van der Waals surface area contributed by atoms with Crippen LogP contribution in [0.5, 0.6) is 0 Å². The average molecular weight is 142 g/mol. The van der Waals surface area contributed by atoms with E-state index in [9.17, 15) is 14.7 Å². The van der Waals surface area contributed by atoms with Crippen molar-refractivity contribution in [2.24, 2.45) is 0 Å². The number of aliphatic carboxylic acids is 1. The zero-order valence-electron chi connectivity index (χ0n) is 4.38. The zero-order chi connectivity index (χ0) is 5.86. The van der Waals surface area contributed by atoms with Gasteiger partial charge in [0.05, 0.1) is 5.75 Å². The molecule has 40 valence electrons. The molecule has 8 heavy (non-hydrogen) atoms. The van der Waals surface area contributed by atoms with Crippen LogP contribution in [0.2, 0.25) is 0 Å². The summed E-state index contributed by atoms with van der Waals surface area (Å²) in [5.74, 6) is -2.94. The van der Waals surface area contributed by atoms with Gasteiger partial charge in [-0.15, -0.1) is 0 Å². The summed E-state index contributed by atoms with van der Waals surface area (Å²) in [7, 11) is 0. The molecule has 0 aromatic carbocycles. The molecule has 0 aromatic rings. The molecule has 0 spiro atoms. The van der Waals surface area contributed by atoms with E-state index in [0.29, 0.717) is 0 Å². The van der Waals surface area contributed by atoms with Gasteiger partial charge < -0.3 is 9.90 Å². The van der Waals surface area contributed by atoms with Crippen LogP contribution in [0.3, 0.4) is 0 Å². The van der Waals surface area contributed by atoms with E-state index < -0.39 is 11.8 Å². The van der Waals surface area contributed by atoms with E-state index >= 15 is 0 Å². The molecule has 0 radical (unpaired) electrons. The first-order valence-corrected chi connectivity index (χ1v) is 2.16. The second-order valence-corrected chi connectivity index (χ2v) is 1.18. The Labute approximate surface area is 74.2 Å². The molecule has 0 amide bonds. The second-order valence-electron chi connectivity index (χ2n) is 0.869. The summed E-state index contributed by atoms with van der Waals surface area (Å²) in [6.07, 6.45) is 0. The summed E-state index contributed by atoms with van der Waals surface area (Å²) in [5.41, 5.74) is 0. The van der Waals surface area contributed by atoms with Crippen LogP contribution in [0.25, 0.3) is 0 Å². The van der Waals surface area contributed by atoms with Crippen molar-refractivity contribution in [2.75, 3.05) is 5.75 Å². The third-order valence-electron chi connectivity index (χ3n) is 0.371. The largest absolute Gasteiger partial charge is 1.00 e. The summed E-state index contributed by atoms with van der Waals surface area (Å²) >= 11 is 3.38. The summed E-state index contributed by atoms with van der Waals surface area (Å²) < 4.78 is 0. The minimum atomic E-state index is -1.67. The molecule has 0 unspecified atom stereocenters. The maximum absolute atomic E-state index is 9.77. The van der Waals surface area contributed by atoms with Gasteiger partial charge in [0.25, 0.3) is 0 Å². The standard InChI is InChI=1S/C3H4O3S.Na/c4-2(1-7)3(5)6;/h7H,1H2,(H,5,6);/q;+1/p-1. The molecule has 0 heterocycles. The average Bonchev–Trinajstić information content (AvgIpc) is 1.65. The van der Waals surface area contributed by atoms with Crippen molar-refractivity contribution in [3.63, 3.8) is 0 Å². The number of rotatable bonds is 2. The molecule has 0 aliphatic rings. The Morgan fingerprint density at radius 1 is 1.50 bits per heavy atom. The summed E-state index contributed by atoms with van der Waals surface area (Å²) in [4.78, 5) is 19.2. The molecule has 0 rings (SSSR count). The van der Waals surface area contributed by atoms with Crippen molar-refractivity contribution in [1.82, 2.24) is 0 Å². The van der Waals surface area contributed by atoms with E-state index in [0.717, 1.165) is 0 Å². The van der Waals surface area contributed by atoms with Crippen LogP contribution in [0.4, 0.5) is 0 Å². The quantitative estimate of drug-likeness (QED) is 0.239. The summed E-state index contributed by atoms with van der Waals surface area (Å²) in [5, 5.41) is 9.42. The van der Waals surface area contributed by atoms with Crippen LogP contribution < -0.4 is 34.7 Å². The number of hydrogen-bond acceptors (Lipinski definition) is 4. The van der Waals surface area contributed by atoms with Gasteiger partial charge in [0.15, 0.2) is 5.78 Å². The third kappa shape index (κ3) is 4.64. The summed E-state index contributed by atoms with van der Waals surface area (Å²) in [6.45, 7) is 0. The molecular weight excluding hydrogens is 139 g/mol. The maximum Gasteiger partial charge on any atom is 1.00 e. The maximum atomic E-state index is 9.77. The van der Waals surface area contributed by atoms with Gasteiger partial charge in [0.1, 0.15) is 5.97 Å². The number of hydrogen-bond donors (Lipinski definition) is 1. The first kappa shape index (κ1) is 11.3. The van der Waals surface area contributed by atoms with Gasteiger partial charge in [-0.2, -0.15) is 12.6 Å². The van der Waals surface area contributed by atoms with Crippen LogP contribution in [0.1, 0.15) is 0 Å². The minimum absolute atomic E-state index is 0. The van der Waals surface area contributed by atoms with Crippen LogP contribution in [0, 0.1) is 0 Å². The molecule has 0 saturated heterocycles. The molecule has 3 nitrogen and oxygen atoms in total. The predicted octanol–water partition coefficient (Wildman–Crippen LogP) is -4.76. The summed E-state index contributed by atoms with van der Waals surface area (Å²) in [6, 6.07) is 0. The molecule has 0 aliphatic heterocycles. The number of carbonyl (C=O) groups excluding carboxylic acids is 2. The Kier molecular flexibility index (Phi) is 7.95. The van der Waals surface area contributed by atoms with E-state index in [1.54, 1.807) is 0 Å². The van der Waals surface area contributed by atoms with Gasteiger partial charge >= 0.3 is 29.6 Å². The first-order valence-electron chi connectivity index (χ1n) is 1.53. The Balaban J connectivity index is 0. The number of carbonyl (C=O) groups is 2. The molecular formula is C3H3NaO3S. The molecule has 5 heteroatoms. The smallest absolute Gasteiger partial charge is 0.542 e. The fourth-order valence-electron chi connectivity index (χ4n) is 0.0645. The van der Waals surface area contributed by atoms with Crippen molar-refractivity contribution in [2.45, 2.75) is 0 Å². The van der Waals surface area contributed by atoms with E-state index in [-0.39, 0.29) is 35.3 Å². The Hall–Kier alpha value is 0.490. The third-order valence-corrected chi connectivity index (χ3v) is 0.658. The second kappa shape index (κ2) is 5.62. The number of thiol groups is 1. The Morgan fingerprint density at radius 3 is 1.88 bits per heavy atom. The number of carboxylic acids is 1. The van der Waals surface area contributed by atoms with Gasteiger partial charge in [0.2, 0.25) is 0 Å². The Morgan fingerprint density at radius 2 is 1.88 bits per heavy atom. The van der Waals surface area contributed by atoms with Gasteiger partial charge in [-0.25, -0.2) is 0 Å². The fourth-order valence-corrected chi connectivity index (χ4v) is 0.194. The van der Waals surface area contributed by atoms with Crippen LogP contribution in [0.15, 0.2) is 0 Å². The zero-order valence-corrected chi connectivity index (χ0v) is 7.27. The van der Waals surface area contributed by atoms with E-state index in [2.05, 4.69) is 12.6 Å². The van der Waals surface area contributed by atoms with Crippen molar-refractivity contribution in [3.05, 3.63) is 0 Å². The van der Waals surface area contributed by atoms with Crippen molar-refractivity contribution >= 4 is 24.4 Å². The molecule has 0 aromatic heterocycles.